The summed E-state index contributed by atoms with van der Waals surface area (Å²) in [4.78, 5) is 11.1. The highest BCUT2D eigenvalue weighted by Crippen LogP contribution is 2.28. The molecule has 1 aromatic rings. The lowest BCUT2D eigenvalue weighted by Crippen LogP contribution is -2.01. The predicted octanol–water partition coefficient (Wildman–Crippen LogP) is 0.736. The van der Waals surface area contributed by atoms with Crippen molar-refractivity contribution in [3.63, 3.8) is 0 Å². The lowest BCUT2D eigenvalue weighted by molar-refractivity contribution is -0.133. The number of ether oxygens (including phenoxy) is 1. The van der Waals surface area contributed by atoms with E-state index in [0.717, 1.165) is 6.26 Å². The van der Waals surface area contributed by atoms with Gasteiger partial charge < -0.3 is 9.84 Å². The molecule has 1 N–H and O–H groups in total. The Morgan fingerprint density at radius 2 is 2.06 bits per heavy atom. The van der Waals surface area contributed by atoms with Crippen molar-refractivity contribution in [2.45, 2.75) is 4.90 Å². The number of carbonyl (C=O) groups excluding carboxylic acids is 1. The molecule has 0 fully saturated rings. The molecule has 6 heteroatoms. The van der Waals surface area contributed by atoms with Crippen LogP contribution < -0.4 is 0 Å². The maximum absolute atomic E-state index is 11.3. The highest BCUT2D eigenvalue weighted by Gasteiger charge is 2.21. The van der Waals surface area contributed by atoms with Gasteiger partial charge in [0.2, 0.25) is 0 Å². The van der Waals surface area contributed by atoms with Crippen molar-refractivity contribution in [3.05, 3.63) is 29.8 Å². The molecule has 1 aromatic carbocycles. The maximum Gasteiger partial charge on any atom is 0.338 e. The number of phenolic OH excluding ortho intramolecular Hbond substituents is 1. The van der Waals surface area contributed by atoms with Crippen LogP contribution in [0.4, 0.5) is 0 Å². The van der Waals surface area contributed by atoms with Gasteiger partial charge in [-0.1, -0.05) is 6.07 Å². The third-order valence-electron chi connectivity index (χ3n) is 2.39. The SMILES string of the molecule is CS(=O)(=O)c1ccc(C2=CCOC2=O)cc1O. The quantitative estimate of drug-likeness (QED) is 0.787. The molecule has 1 aliphatic heterocycles. The van der Waals surface area contributed by atoms with Gasteiger partial charge in [0.25, 0.3) is 0 Å². The zero-order valence-electron chi connectivity index (χ0n) is 9.00. The fraction of sp³-hybridized carbons (Fsp3) is 0.182. The lowest BCUT2D eigenvalue weighted by Gasteiger charge is -2.05. The Kier molecular flexibility index (Phi) is 2.66. The van der Waals surface area contributed by atoms with Crippen molar-refractivity contribution in [1.29, 1.82) is 0 Å². The van der Waals surface area contributed by atoms with Gasteiger partial charge in [0.15, 0.2) is 9.84 Å². The van der Waals surface area contributed by atoms with E-state index in [4.69, 9.17) is 4.74 Å². The Morgan fingerprint density at radius 1 is 1.35 bits per heavy atom. The van der Waals surface area contributed by atoms with Crippen LogP contribution in [-0.4, -0.2) is 32.4 Å². The van der Waals surface area contributed by atoms with Crippen LogP contribution in [0.5, 0.6) is 5.75 Å². The lowest BCUT2D eigenvalue weighted by atomic mass is 10.1. The van der Waals surface area contributed by atoms with Crippen molar-refractivity contribution < 1.29 is 23.1 Å². The zero-order valence-corrected chi connectivity index (χ0v) is 9.82. The van der Waals surface area contributed by atoms with Crippen LogP contribution in [0.15, 0.2) is 29.2 Å². The van der Waals surface area contributed by atoms with Gasteiger partial charge >= 0.3 is 5.97 Å². The number of hydrogen-bond acceptors (Lipinski definition) is 5. The van der Waals surface area contributed by atoms with E-state index in [1.165, 1.54) is 18.2 Å². The van der Waals surface area contributed by atoms with Gasteiger partial charge in [0.05, 0.1) is 5.57 Å². The third-order valence-corrected chi connectivity index (χ3v) is 3.54. The predicted molar refractivity (Wildman–Crippen MR) is 60.2 cm³/mol. The van der Waals surface area contributed by atoms with Gasteiger partial charge in [-0.15, -0.1) is 0 Å². The molecule has 0 bridgehead atoms. The first-order chi connectivity index (χ1) is 7.89. The van der Waals surface area contributed by atoms with E-state index >= 15 is 0 Å². The molecule has 0 aliphatic carbocycles. The van der Waals surface area contributed by atoms with Crippen LogP contribution in [-0.2, 0) is 19.4 Å². The number of phenols is 1. The highest BCUT2D eigenvalue weighted by atomic mass is 32.2. The van der Waals surface area contributed by atoms with Gasteiger partial charge in [-0.3, -0.25) is 0 Å². The molecule has 0 saturated carbocycles. The summed E-state index contributed by atoms with van der Waals surface area (Å²) in [5, 5.41) is 9.62. The van der Waals surface area contributed by atoms with Crippen LogP contribution in [0.2, 0.25) is 0 Å². The van der Waals surface area contributed by atoms with Crippen LogP contribution in [0.25, 0.3) is 5.57 Å². The molecular weight excluding hydrogens is 244 g/mol. The first-order valence-corrected chi connectivity index (χ1v) is 6.69. The molecule has 90 valence electrons. The molecule has 0 amide bonds. The van der Waals surface area contributed by atoms with Crippen molar-refractivity contribution in [2.75, 3.05) is 12.9 Å². The van der Waals surface area contributed by atoms with E-state index < -0.39 is 15.8 Å². The van der Waals surface area contributed by atoms with Gasteiger partial charge in [0, 0.05) is 6.26 Å². The molecule has 0 spiro atoms. The van der Waals surface area contributed by atoms with Gasteiger partial charge in [-0.2, -0.15) is 0 Å². The van der Waals surface area contributed by atoms with Crippen LogP contribution in [0.3, 0.4) is 0 Å². The molecule has 0 saturated heterocycles. The van der Waals surface area contributed by atoms with E-state index in [9.17, 15) is 18.3 Å². The van der Waals surface area contributed by atoms with Crippen LogP contribution >= 0.6 is 0 Å². The van der Waals surface area contributed by atoms with E-state index in [1.807, 2.05) is 0 Å². The number of carbonyl (C=O) groups is 1. The fourth-order valence-corrected chi connectivity index (χ4v) is 2.35. The average molecular weight is 254 g/mol. The standard InChI is InChI=1S/C11H10O5S/c1-17(14,15)10-3-2-7(6-9(10)12)8-4-5-16-11(8)13/h2-4,6,12H,5H2,1H3. The largest absolute Gasteiger partial charge is 0.507 e. The Bertz CT molecular complexity index is 613. The Morgan fingerprint density at radius 3 is 2.53 bits per heavy atom. The van der Waals surface area contributed by atoms with Gasteiger partial charge in [-0.05, 0) is 23.8 Å². The second-order valence-corrected chi connectivity index (χ2v) is 5.66. The molecule has 5 nitrogen and oxygen atoms in total. The minimum atomic E-state index is -3.47. The van der Waals surface area contributed by atoms with Gasteiger partial charge in [0.1, 0.15) is 17.3 Å². The van der Waals surface area contributed by atoms with Crippen molar-refractivity contribution in [2.24, 2.45) is 0 Å². The fourth-order valence-electron chi connectivity index (χ4n) is 1.60. The highest BCUT2D eigenvalue weighted by molar-refractivity contribution is 7.90. The van der Waals surface area contributed by atoms with Crippen LogP contribution in [0, 0.1) is 0 Å². The molecule has 0 unspecified atom stereocenters. The van der Waals surface area contributed by atoms with Gasteiger partial charge in [-0.25, -0.2) is 13.2 Å². The molecule has 0 atom stereocenters. The number of rotatable bonds is 2. The first kappa shape index (κ1) is 11.7. The molecular formula is C11H10O5S. The summed E-state index contributed by atoms with van der Waals surface area (Å²) in [7, 11) is -3.47. The second-order valence-electron chi connectivity index (χ2n) is 3.67. The maximum atomic E-state index is 11.3. The number of esters is 1. The van der Waals surface area contributed by atoms with E-state index in [2.05, 4.69) is 0 Å². The second kappa shape index (κ2) is 3.89. The average Bonchev–Trinajstić information content (AvgIpc) is 2.62. The summed E-state index contributed by atoms with van der Waals surface area (Å²) >= 11 is 0. The summed E-state index contributed by atoms with van der Waals surface area (Å²) in [6.45, 7) is 0.197. The van der Waals surface area contributed by atoms with Crippen LogP contribution in [0.1, 0.15) is 5.56 Å². The molecule has 1 aliphatic rings. The monoisotopic (exact) mass is 254 g/mol. The van der Waals surface area contributed by atoms with E-state index in [0.29, 0.717) is 11.1 Å². The summed E-state index contributed by atoms with van der Waals surface area (Å²) in [6, 6.07) is 3.98. The molecule has 0 aromatic heterocycles. The molecule has 17 heavy (non-hydrogen) atoms. The number of benzene rings is 1. The number of cyclic esters (lactones) is 1. The van der Waals surface area contributed by atoms with E-state index in [-0.39, 0.29) is 17.3 Å². The number of hydrogen-bond donors (Lipinski definition) is 1. The molecule has 1 heterocycles. The minimum absolute atomic E-state index is 0.159. The van der Waals surface area contributed by atoms with Crippen molar-refractivity contribution in [1.82, 2.24) is 0 Å². The Hall–Kier alpha value is -1.82. The minimum Gasteiger partial charge on any atom is -0.507 e. The number of sulfone groups is 1. The Balaban J connectivity index is 2.48. The normalized spacial score (nSPS) is 15.6. The topological polar surface area (TPSA) is 80.7 Å². The van der Waals surface area contributed by atoms with Crippen molar-refractivity contribution >= 4 is 21.4 Å². The smallest absolute Gasteiger partial charge is 0.338 e. The zero-order chi connectivity index (χ0) is 12.6. The number of aromatic hydroxyl groups is 1. The Labute approximate surface area is 98.3 Å². The van der Waals surface area contributed by atoms with E-state index in [1.54, 1.807) is 6.08 Å². The summed E-state index contributed by atoms with van der Waals surface area (Å²) < 4.78 is 27.3. The summed E-state index contributed by atoms with van der Waals surface area (Å²) in [6.07, 6.45) is 2.59. The molecule has 2 rings (SSSR count). The third kappa shape index (κ3) is 2.16. The van der Waals surface area contributed by atoms with Crippen molar-refractivity contribution in [3.8, 4) is 5.75 Å². The summed E-state index contributed by atoms with van der Waals surface area (Å²) in [5.41, 5.74) is 0.776. The molecule has 0 radical (unpaired) electrons. The summed E-state index contributed by atoms with van der Waals surface area (Å²) in [5.74, 6) is -0.845. The first-order valence-electron chi connectivity index (χ1n) is 4.80.